The standard InChI is InChI=1S/C11H11BrN4O2S/c12-9-4-3-8(19-9)11-13-14-15-16(11)7(5-10(17)18)6-1-2-6/h3-4,6-7H,1-2,5H2,(H,17,18). The van der Waals surface area contributed by atoms with Gasteiger partial charge in [-0.3, -0.25) is 4.79 Å². The molecule has 1 atom stereocenters. The molecule has 0 aromatic carbocycles. The lowest BCUT2D eigenvalue weighted by Crippen LogP contribution is -2.18. The average molecular weight is 343 g/mol. The van der Waals surface area contributed by atoms with E-state index in [9.17, 15) is 4.79 Å². The molecular formula is C11H11BrN4O2S. The summed E-state index contributed by atoms with van der Waals surface area (Å²) in [5.74, 6) is 0.210. The van der Waals surface area contributed by atoms with Crippen molar-refractivity contribution in [3.63, 3.8) is 0 Å². The zero-order valence-corrected chi connectivity index (χ0v) is 12.3. The van der Waals surface area contributed by atoms with Gasteiger partial charge in [0.1, 0.15) is 0 Å². The Labute approximate surface area is 121 Å². The Morgan fingerprint density at radius 2 is 2.37 bits per heavy atom. The van der Waals surface area contributed by atoms with Crippen LogP contribution in [0.1, 0.15) is 25.3 Å². The Balaban J connectivity index is 1.95. The molecule has 0 aliphatic heterocycles. The summed E-state index contributed by atoms with van der Waals surface area (Å²) in [5.41, 5.74) is 0. The fourth-order valence-electron chi connectivity index (χ4n) is 2.13. The summed E-state index contributed by atoms with van der Waals surface area (Å²) >= 11 is 4.94. The molecule has 0 amide bonds. The molecule has 1 aliphatic carbocycles. The molecule has 0 spiro atoms. The fraction of sp³-hybridized carbons (Fsp3) is 0.455. The quantitative estimate of drug-likeness (QED) is 0.903. The van der Waals surface area contributed by atoms with Gasteiger partial charge in [0.05, 0.1) is 21.1 Å². The second kappa shape index (κ2) is 5.01. The third-order valence-electron chi connectivity index (χ3n) is 3.15. The summed E-state index contributed by atoms with van der Waals surface area (Å²) in [6, 6.07) is 3.72. The van der Waals surface area contributed by atoms with Crippen LogP contribution in [0.25, 0.3) is 10.7 Å². The maximum atomic E-state index is 11.0. The zero-order chi connectivity index (χ0) is 13.4. The fourth-order valence-corrected chi connectivity index (χ4v) is 3.49. The van der Waals surface area contributed by atoms with E-state index in [2.05, 4.69) is 31.5 Å². The predicted molar refractivity (Wildman–Crippen MR) is 72.8 cm³/mol. The highest BCUT2D eigenvalue weighted by Gasteiger charge is 2.36. The van der Waals surface area contributed by atoms with Crippen molar-refractivity contribution >= 4 is 33.2 Å². The Kier molecular flexibility index (Phi) is 3.36. The summed E-state index contributed by atoms with van der Waals surface area (Å²) in [6.45, 7) is 0. The van der Waals surface area contributed by atoms with Gasteiger partial charge in [-0.1, -0.05) is 0 Å². The number of aromatic nitrogens is 4. The molecule has 6 nitrogen and oxygen atoms in total. The highest BCUT2D eigenvalue weighted by atomic mass is 79.9. The number of carboxylic acids is 1. The summed E-state index contributed by atoms with van der Waals surface area (Å²) < 4.78 is 2.67. The van der Waals surface area contributed by atoms with Crippen molar-refractivity contribution in [2.24, 2.45) is 5.92 Å². The molecule has 0 bridgehead atoms. The summed E-state index contributed by atoms with van der Waals surface area (Å²) in [4.78, 5) is 11.9. The Hall–Kier alpha value is -1.28. The highest BCUT2D eigenvalue weighted by molar-refractivity contribution is 9.11. The van der Waals surface area contributed by atoms with E-state index in [0.717, 1.165) is 21.5 Å². The van der Waals surface area contributed by atoms with Crippen molar-refractivity contribution in [2.45, 2.75) is 25.3 Å². The number of hydrogen-bond acceptors (Lipinski definition) is 5. The van der Waals surface area contributed by atoms with Gasteiger partial charge in [-0.25, -0.2) is 4.68 Å². The van der Waals surface area contributed by atoms with Gasteiger partial charge >= 0.3 is 5.97 Å². The lowest BCUT2D eigenvalue weighted by atomic mass is 10.1. The molecule has 1 fully saturated rings. The van der Waals surface area contributed by atoms with Crippen LogP contribution in [-0.2, 0) is 4.79 Å². The van der Waals surface area contributed by atoms with Crippen molar-refractivity contribution < 1.29 is 9.90 Å². The lowest BCUT2D eigenvalue weighted by Gasteiger charge is -2.14. The van der Waals surface area contributed by atoms with Gasteiger partial charge in [-0.2, -0.15) is 0 Å². The number of rotatable bonds is 5. The molecular weight excluding hydrogens is 332 g/mol. The van der Waals surface area contributed by atoms with Crippen LogP contribution in [0.5, 0.6) is 0 Å². The Morgan fingerprint density at radius 1 is 1.58 bits per heavy atom. The minimum absolute atomic E-state index is 0.0647. The zero-order valence-electron chi connectivity index (χ0n) is 9.86. The number of aliphatic carboxylic acids is 1. The molecule has 1 saturated carbocycles. The topological polar surface area (TPSA) is 80.9 Å². The minimum Gasteiger partial charge on any atom is -0.481 e. The molecule has 2 heterocycles. The van der Waals surface area contributed by atoms with E-state index in [1.54, 1.807) is 4.68 Å². The monoisotopic (exact) mass is 342 g/mol. The van der Waals surface area contributed by atoms with Crippen molar-refractivity contribution in [1.82, 2.24) is 20.2 Å². The van der Waals surface area contributed by atoms with E-state index in [0.29, 0.717) is 11.7 Å². The van der Waals surface area contributed by atoms with Crippen LogP contribution in [0.2, 0.25) is 0 Å². The third-order valence-corrected chi connectivity index (χ3v) is 4.77. The first-order valence-electron chi connectivity index (χ1n) is 5.90. The van der Waals surface area contributed by atoms with Crippen LogP contribution in [0.4, 0.5) is 0 Å². The van der Waals surface area contributed by atoms with Crippen molar-refractivity contribution in [3.05, 3.63) is 15.9 Å². The maximum Gasteiger partial charge on any atom is 0.305 e. The van der Waals surface area contributed by atoms with E-state index in [1.165, 1.54) is 11.3 Å². The number of nitrogens with zero attached hydrogens (tertiary/aromatic N) is 4. The predicted octanol–water partition coefficient (Wildman–Crippen LogP) is 2.59. The van der Waals surface area contributed by atoms with Crippen LogP contribution in [0.3, 0.4) is 0 Å². The van der Waals surface area contributed by atoms with Crippen molar-refractivity contribution in [2.75, 3.05) is 0 Å². The first-order valence-corrected chi connectivity index (χ1v) is 7.51. The van der Waals surface area contributed by atoms with Gasteiger partial charge in [-0.05, 0) is 57.2 Å². The van der Waals surface area contributed by atoms with Gasteiger partial charge in [0, 0.05) is 0 Å². The number of thiophene rings is 1. The molecule has 3 rings (SSSR count). The van der Waals surface area contributed by atoms with E-state index in [1.807, 2.05) is 12.1 Å². The van der Waals surface area contributed by atoms with Gasteiger partial charge in [0.25, 0.3) is 0 Å². The van der Waals surface area contributed by atoms with Gasteiger partial charge in [-0.15, -0.1) is 16.4 Å². The van der Waals surface area contributed by atoms with Crippen molar-refractivity contribution in [1.29, 1.82) is 0 Å². The molecule has 1 unspecified atom stereocenters. The second-order valence-electron chi connectivity index (χ2n) is 4.55. The molecule has 19 heavy (non-hydrogen) atoms. The van der Waals surface area contributed by atoms with Crippen LogP contribution in [0.15, 0.2) is 15.9 Å². The molecule has 0 saturated heterocycles. The van der Waals surface area contributed by atoms with E-state index < -0.39 is 5.97 Å². The molecule has 0 radical (unpaired) electrons. The first-order chi connectivity index (χ1) is 9.15. The summed E-state index contributed by atoms with van der Waals surface area (Å²) in [5, 5.41) is 20.8. The number of tetrazole rings is 1. The molecule has 2 aromatic heterocycles. The van der Waals surface area contributed by atoms with Gasteiger partial charge in [0.2, 0.25) is 0 Å². The van der Waals surface area contributed by atoms with Crippen LogP contribution in [0, 0.1) is 5.92 Å². The summed E-state index contributed by atoms with van der Waals surface area (Å²) in [7, 11) is 0. The molecule has 1 N–H and O–H groups in total. The summed E-state index contributed by atoms with van der Waals surface area (Å²) in [6.07, 6.45) is 2.16. The van der Waals surface area contributed by atoms with Crippen LogP contribution >= 0.6 is 27.3 Å². The molecule has 1 aliphatic rings. The third kappa shape index (κ3) is 2.69. The number of carbonyl (C=O) groups is 1. The van der Waals surface area contributed by atoms with E-state index >= 15 is 0 Å². The van der Waals surface area contributed by atoms with Gasteiger partial charge in [0.15, 0.2) is 5.82 Å². The second-order valence-corrected chi connectivity index (χ2v) is 7.02. The van der Waals surface area contributed by atoms with Crippen LogP contribution < -0.4 is 0 Å². The number of carboxylic acid groups (broad SMARTS) is 1. The normalized spacial score (nSPS) is 16.5. The van der Waals surface area contributed by atoms with E-state index in [4.69, 9.17) is 5.11 Å². The largest absolute Gasteiger partial charge is 0.481 e. The maximum absolute atomic E-state index is 11.0. The SMILES string of the molecule is O=C(O)CC(C1CC1)n1nnnc1-c1ccc(Br)s1. The van der Waals surface area contributed by atoms with Gasteiger partial charge < -0.3 is 5.11 Å². The Morgan fingerprint density at radius 3 is 2.95 bits per heavy atom. The molecule has 2 aromatic rings. The number of halogens is 1. The highest BCUT2D eigenvalue weighted by Crippen LogP contribution is 2.43. The smallest absolute Gasteiger partial charge is 0.305 e. The van der Waals surface area contributed by atoms with Crippen LogP contribution in [-0.4, -0.2) is 31.3 Å². The lowest BCUT2D eigenvalue weighted by molar-refractivity contribution is -0.138. The molecule has 8 heteroatoms. The number of hydrogen-bond donors (Lipinski definition) is 1. The average Bonchev–Trinajstić information content (AvgIpc) is 2.92. The van der Waals surface area contributed by atoms with Crippen molar-refractivity contribution in [3.8, 4) is 10.7 Å². The minimum atomic E-state index is -0.814. The molecule has 100 valence electrons. The first kappa shape index (κ1) is 12.7. The van der Waals surface area contributed by atoms with E-state index in [-0.39, 0.29) is 12.5 Å². The Bertz CT molecular complexity index is 607.